The minimum absolute atomic E-state index is 0.0377. The van der Waals surface area contributed by atoms with Crippen LogP contribution < -0.4 is 4.74 Å². The normalized spacial score (nSPS) is 12.5. The van der Waals surface area contributed by atoms with Crippen molar-refractivity contribution in [3.8, 4) is 15.9 Å². The van der Waals surface area contributed by atoms with Gasteiger partial charge in [-0.1, -0.05) is 0 Å². The van der Waals surface area contributed by atoms with Gasteiger partial charge in [-0.05, 0) is 6.92 Å². The summed E-state index contributed by atoms with van der Waals surface area (Å²) in [4.78, 5) is 17.4. The van der Waals surface area contributed by atoms with Gasteiger partial charge >= 0.3 is 195 Å². The fraction of sp³-hybridized carbons (Fsp3) is 0.333. The molecule has 0 spiro atoms. The molecule has 33 heavy (non-hydrogen) atoms. The zero-order chi connectivity index (χ0) is 24.2. The average Bonchev–Trinajstić information content (AvgIpc) is 3.14. The monoisotopic (exact) mass is 543 g/mol. The van der Waals surface area contributed by atoms with E-state index in [1.165, 1.54) is 16.6 Å². The van der Waals surface area contributed by atoms with Crippen LogP contribution in [-0.2, 0) is 21.5 Å². The van der Waals surface area contributed by atoms with Crippen molar-refractivity contribution in [2.75, 3.05) is 6.61 Å². The molecule has 1 unspecified atom stereocenters. The fourth-order valence-electron chi connectivity index (χ4n) is 2.98. The molecule has 0 saturated heterocycles. The number of ether oxygens (including phenoxy) is 2. The number of benzene rings is 2. The van der Waals surface area contributed by atoms with Crippen LogP contribution in [0.3, 0.4) is 0 Å². The van der Waals surface area contributed by atoms with Crippen molar-refractivity contribution in [3.05, 3.63) is 63.7 Å². The third kappa shape index (κ3) is 6.65. The van der Waals surface area contributed by atoms with Gasteiger partial charge in [-0.15, -0.1) is 0 Å². The second-order valence-electron chi connectivity index (χ2n) is 7.33. The molecule has 3 rings (SSSR count). The van der Waals surface area contributed by atoms with Gasteiger partial charge < -0.3 is 0 Å². The molecule has 0 amide bonds. The van der Waals surface area contributed by atoms with Crippen LogP contribution in [0, 0.1) is 13.8 Å². The number of nitrogens with zero attached hydrogens (tertiary/aromatic N) is 1. The van der Waals surface area contributed by atoms with Crippen LogP contribution in [-0.4, -0.2) is 38.2 Å². The van der Waals surface area contributed by atoms with Gasteiger partial charge in [-0.3, -0.25) is 0 Å². The standard InChI is InChI=1S/C24H24F3NO3SSe/c1-5-30-23(29)16(4)31-20-11-10-19(12-14(20)2)32-13-21-15(3)28-22(33-21)17-6-8-18(9-7-17)24(25,26)27/h6-12,16H,5,13H2,1-4H3. The Hall–Kier alpha value is -2.22. The maximum atomic E-state index is 12.8. The molecular formula is C24H24F3NO3SSe. The first-order valence-corrected chi connectivity index (χ1v) is 13.0. The maximum absolute atomic E-state index is 12.8. The predicted molar refractivity (Wildman–Crippen MR) is 124 cm³/mol. The molecule has 0 bridgehead atoms. The van der Waals surface area contributed by atoms with Crippen molar-refractivity contribution in [3.63, 3.8) is 0 Å². The second kappa shape index (κ2) is 10.8. The first-order valence-electron chi connectivity index (χ1n) is 10.3. The number of esters is 1. The molecule has 0 aliphatic rings. The zero-order valence-corrected chi connectivity index (χ0v) is 21.2. The Bertz CT molecular complexity index is 1110. The third-order valence-corrected chi connectivity index (χ3v) is 8.75. The Labute approximate surface area is 201 Å². The van der Waals surface area contributed by atoms with Crippen molar-refractivity contribution in [1.82, 2.24) is 4.98 Å². The van der Waals surface area contributed by atoms with Crippen molar-refractivity contribution in [1.29, 1.82) is 0 Å². The molecule has 1 heterocycles. The summed E-state index contributed by atoms with van der Waals surface area (Å²) >= 11 is 1.63. The Kier molecular flexibility index (Phi) is 8.32. The number of hydrogen-bond acceptors (Lipinski definition) is 5. The SMILES string of the molecule is CCOC(=O)C(C)Oc1ccc(SCc2[se]c(-c3ccc(C(F)(F)F)cc3)nc2C)cc1C. The van der Waals surface area contributed by atoms with Gasteiger partial charge in [0.25, 0.3) is 0 Å². The van der Waals surface area contributed by atoms with Gasteiger partial charge in [0.1, 0.15) is 0 Å². The molecule has 3 aromatic rings. The van der Waals surface area contributed by atoms with E-state index in [9.17, 15) is 18.0 Å². The van der Waals surface area contributed by atoms with E-state index in [1.807, 2.05) is 32.0 Å². The number of carbonyl (C=O) groups excluding carboxylic acids is 1. The zero-order valence-electron chi connectivity index (χ0n) is 18.7. The number of halogens is 3. The molecule has 0 aliphatic heterocycles. The van der Waals surface area contributed by atoms with Gasteiger partial charge in [0.15, 0.2) is 0 Å². The van der Waals surface area contributed by atoms with Crippen LogP contribution in [0.25, 0.3) is 10.1 Å². The quantitative estimate of drug-likeness (QED) is 0.197. The Morgan fingerprint density at radius 3 is 2.45 bits per heavy atom. The van der Waals surface area contributed by atoms with Gasteiger partial charge in [0, 0.05) is 0 Å². The Morgan fingerprint density at radius 1 is 1.15 bits per heavy atom. The molecular weight excluding hydrogens is 518 g/mol. The van der Waals surface area contributed by atoms with Crippen LogP contribution >= 0.6 is 11.8 Å². The molecule has 0 saturated carbocycles. The minimum atomic E-state index is -4.34. The number of carbonyl (C=O) groups is 1. The summed E-state index contributed by atoms with van der Waals surface area (Å²) in [6, 6.07) is 11.0. The molecule has 4 nitrogen and oxygen atoms in total. The van der Waals surface area contributed by atoms with Gasteiger partial charge in [-0.25, -0.2) is 0 Å². The number of hydrogen-bond donors (Lipinski definition) is 0. The third-order valence-electron chi connectivity index (χ3n) is 4.79. The number of rotatable bonds is 8. The van der Waals surface area contributed by atoms with Crippen molar-refractivity contribution in [2.45, 2.75) is 50.6 Å². The first kappa shape index (κ1) is 25.4. The second-order valence-corrected chi connectivity index (χ2v) is 10.7. The van der Waals surface area contributed by atoms with E-state index in [4.69, 9.17) is 9.47 Å². The summed E-state index contributed by atoms with van der Waals surface area (Å²) in [5.74, 6) is 0.983. The molecule has 1 aromatic heterocycles. The molecule has 9 heteroatoms. The molecule has 1 atom stereocenters. The number of aryl methyl sites for hydroxylation is 2. The van der Waals surface area contributed by atoms with Crippen LogP contribution in [0.15, 0.2) is 47.4 Å². The summed E-state index contributed by atoms with van der Waals surface area (Å²) in [7, 11) is 0. The summed E-state index contributed by atoms with van der Waals surface area (Å²) in [5.41, 5.74) is 1.92. The van der Waals surface area contributed by atoms with Gasteiger partial charge in [0.2, 0.25) is 0 Å². The van der Waals surface area contributed by atoms with Gasteiger partial charge in [-0.2, -0.15) is 0 Å². The Balaban J connectivity index is 1.65. The summed E-state index contributed by atoms with van der Waals surface area (Å²) < 4.78 is 51.1. The predicted octanol–water partition coefficient (Wildman–Crippen LogP) is 6.06. The summed E-state index contributed by atoms with van der Waals surface area (Å²) in [5, 5.41) is 0. The van der Waals surface area contributed by atoms with E-state index < -0.39 is 23.8 Å². The number of thioether (sulfide) groups is 1. The number of aromatic nitrogens is 1. The van der Waals surface area contributed by atoms with Crippen LogP contribution in [0.2, 0.25) is 0 Å². The van der Waals surface area contributed by atoms with Crippen LogP contribution in [0.5, 0.6) is 5.75 Å². The van der Waals surface area contributed by atoms with Crippen LogP contribution in [0.4, 0.5) is 13.2 Å². The van der Waals surface area contributed by atoms with E-state index in [0.717, 1.165) is 44.2 Å². The molecule has 176 valence electrons. The van der Waals surface area contributed by atoms with Crippen LogP contribution in [0.1, 0.15) is 35.1 Å². The summed E-state index contributed by atoms with van der Waals surface area (Å²) in [6.07, 6.45) is -5.02. The number of alkyl halides is 3. The fourth-order valence-corrected chi connectivity index (χ4v) is 6.52. The summed E-state index contributed by atoms with van der Waals surface area (Å²) in [6.45, 7) is 7.58. The van der Waals surface area contributed by atoms with E-state index in [1.54, 1.807) is 25.6 Å². The van der Waals surface area contributed by atoms with E-state index in [0.29, 0.717) is 12.4 Å². The van der Waals surface area contributed by atoms with E-state index >= 15 is 0 Å². The topological polar surface area (TPSA) is 48.4 Å². The molecule has 0 fully saturated rings. The Morgan fingerprint density at radius 2 is 1.85 bits per heavy atom. The molecule has 0 aliphatic carbocycles. The first-order chi connectivity index (χ1) is 15.6. The molecule has 2 aromatic carbocycles. The average molecular weight is 542 g/mol. The van der Waals surface area contributed by atoms with Crippen molar-refractivity contribution in [2.24, 2.45) is 0 Å². The van der Waals surface area contributed by atoms with Crippen molar-refractivity contribution >= 4 is 32.2 Å². The van der Waals surface area contributed by atoms with Gasteiger partial charge in [0.05, 0.1) is 0 Å². The van der Waals surface area contributed by atoms with E-state index in [2.05, 4.69) is 4.98 Å². The van der Waals surface area contributed by atoms with Crippen molar-refractivity contribution < 1.29 is 27.4 Å². The molecule has 0 radical (unpaired) electrons. The molecule has 0 N–H and O–H groups in total. The van der Waals surface area contributed by atoms with E-state index in [-0.39, 0.29) is 14.5 Å².